The lowest BCUT2D eigenvalue weighted by Crippen LogP contribution is -2.37. The highest BCUT2D eigenvalue weighted by Crippen LogP contribution is 2.24. The Balaban J connectivity index is 2.10. The van der Waals surface area contributed by atoms with Crippen LogP contribution in [0.1, 0.15) is 31.6 Å². The first-order valence-corrected chi connectivity index (χ1v) is 4.97. The summed E-state index contributed by atoms with van der Waals surface area (Å²) in [6.45, 7) is 2.91. The molecule has 1 unspecified atom stereocenters. The van der Waals surface area contributed by atoms with E-state index in [-0.39, 0.29) is 11.8 Å². The van der Waals surface area contributed by atoms with Crippen molar-refractivity contribution >= 4 is 5.91 Å². The molecule has 1 aliphatic rings. The van der Waals surface area contributed by atoms with E-state index >= 15 is 0 Å². The number of likely N-dealkylation sites (tertiary alicyclic amines) is 1. The lowest BCUT2D eigenvalue weighted by atomic mass is 9.98. The minimum absolute atomic E-state index is 0.0431. The molecule has 0 saturated carbocycles. The van der Waals surface area contributed by atoms with E-state index in [9.17, 15) is 9.59 Å². The number of nitrogens with one attached hydrogen (secondary N) is 1. The summed E-state index contributed by atoms with van der Waals surface area (Å²) in [6.07, 6.45) is 1.82. The second kappa shape index (κ2) is 3.88. The van der Waals surface area contributed by atoms with Gasteiger partial charge in [-0.05, 0) is 12.8 Å². The third-order valence-corrected chi connectivity index (χ3v) is 2.67. The summed E-state index contributed by atoms with van der Waals surface area (Å²) in [5, 5.41) is 6.03. The van der Waals surface area contributed by atoms with Crippen molar-refractivity contribution in [1.82, 2.24) is 15.1 Å². The van der Waals surface area contributed by atoms with Crippen LogP contribution in [-0.4, -0.2) is 34.1 Å². The molecular formula is C9H13N3O3. The fourth-order valence-corrected chi connectivity index (χ4v) is 1.88. The van der Waals surface area contributed by atoms with E-state index in [0.29, 0.717) is 12.4 Å². The number of carbonyl (C=O) groups is 1. The van der Waals surface area contributed by atoms with Crippen molar-refractivity contribution in [2.75, 3.05) is 13.1 Å². The predicted molar refractivity (Wildman–Crippen MR) is 51.4 cm³/mol. The molecule has 6 nitrogen and oxygen atoms in total. The molecule has 0 aromatic carbocycles. The summed E-state index contributed by atoms with van der Waals surface area (Å²) in [5.74, 6) is -0.0323. The van der Waals surface area contributed by atoms with Crippen molar-refractivity contribution in [3.63, 3.8) is 0 Å². The van der Waals surface area contributed by atoms with Gasteiger partial charge in [0.25, 0.3) is 0 Å². The first-order valence-electron chi connectivity index (χ1n) is 4.97. The number of carbonyl (C=O) groups excluding carboxylic acids is 1. The van der Waals surface area contributed by atoms with Gasteiger partial charge in [-0.25, -0.2) is 9.89 Å². The number of hydrogen-bond acceptors (Lipinski definition) is 4. The average Bonchev–Trinajstić information content (AvgIpc) is 2.65. The Morgan fingerprint density at radius 2 is 2.47 bits per heavy atom. The molecule has 1 aromatic rings. The number of hydrogen-bond donors (Lipinski definition) is 1. The quantitative estimate of drug-likeness (QED) is 0.713. The minimum atomic E-state index is -0.537. The number of amides is 1. The van der Waals surface area contributed by atoms with Crippen molar-refractivity contribution < 1.29 is 9.21 Å². The molecule has 1 saturated heterocycles. The summed E-state index contributed by atoms with van der Waals surface area (Å²) in [5.41, 5.74) is 0. The zero-order valence-corrected chi connectivity index (χ0v) is 8.52. The molecule has 1 atom stereocenters. The molecule has 1 N–H and O–H groups in total. The van der Waals surface area contributed by atoms with Crippen LogP contribution < -0.4 is 5.76 Å². The highest BCUT2D eigenvalue weighted by atomic mass is 16.4. The summed E-state index contributed by atoms with van der Waals surface area (Å²) >= 11 is 0. The molecule has 6 heteroatoms. The number of nitrogens with zero attached hydrogens (tertiary/aromatic N) is 2. The van der Waals surface area contributed by atoms with Gasteiger partial charge < -0.3 is 9.32 Å². The molecule has 0 aliphatic carbocycles. The van der Waals surface area contributed by atoms with E-state index in [4.69, 9.17) is 4.42 Å². The van der Waals surface area contributed by atoms with Crippen LogP contribution in [-0.2, 0) is 4.79 Å². The van der Waals surface area contributed by atoms with Crippen LogP contribution in [0, 0.1) is 0 Å². The highest BCUT2D eigenvalue weighted by Gasteiger charge is 2.26. The van der Waals surface area contributed by atoms with Gasteiger partial charge in [-0.2, -0.15) is 0 Å². The third-order valence-electron chi connectivity index (χ3n) is 2.67. The Kier molecular flexibility index (Phi) is 2.57. The second-order valence-corrected chi connectivity index (χ2v) is 3.76. The molecule has 15 heavy (non-hydrogen) atoms. The Morgan fingerprint density at radius 1 is 1.67 bits per heavy atom. The van der Waals surface area contributed by atoms with E-state index in [0.717, 1.165) is 19.4 Å². The molecule has 1 amide bonds. The normalized spacial score (nSPS) is 21.7. The predicted octanol–water partition coefficient (Wildman–Crippen LogP) is 0.0888. The smallest absolute Gasteiger partial charge is 0.392 e. The molecule has 1 aromatic heterocycles. The summed E-state index contributed by atoms with van der Waals surface area (Å²) < 4.78 is 4.89. The van der Waals surface area contributed by atoms with Crippen LogP contribution in [0.4, 0.5) is 0 Å². The van der Waals surface area contributed by atoms with E-state index < -0.39 is 5.76 Å². The summed E-state index contributed by atoms with van der Waals surface area (Å²) in [7, 11) is 0. The minimum Gasteiger partial charge on any atom is -0.392 e. The lowest BCUT2D eigenvalue weighted by Gasteiger charge is -2.30. The largest absolute Gasteiger partial charge is 0.434 e. The van der Waals surface area contributed by atoms with E-state index in [1.165, 1.54) is 0 Å². The van der Waals surface area contributed by atoms with Gasteiger partial charge in [-0.15, -0.1) is 5.10 Å². The molecule has 1 fully saturated rings. The molecular weight excluding hydrogens is 198 g/mol. The van der Waals surface area contributed by atoms with Gasteiger partial charge in [0, 0.05) is 20.0 Å². The number of rotatable bonds is 1. The van der Waals surface area contributed by atoms with Gasteiger partial charge in [0.15, 0.2) is 0 Å². The van der Waals surface area contributed by atoms with Gasteiger partial charge in [-0.1, -0.05) is 0 Å². The van der Waals surface area contributed by atoms with Crippen LogP contribution in [0.25, 0.3) is 0 Å². The van der Waals surface area contributed by atoms with Crippen LogP contribution in [0.3, 0.4) is 0 Å². The van der Waals surface area contributed by atoms with E-state index in [2.05, 4.69) is 10.2 Å². The molecule has 0 radical (unpaired) electrons. The molecule has 2 heterocycles. The molecule has 0 spiro atoms. The number of aromatic nitrogens is 2. The lowest BCUT2D eigenvalue weighted by molar-refractivity contribution is -0.130. The van der Waals surface area contributed by atoms with E-state index in [1.807, 2.05) is 0 Å². The van der Waals surface area contributed by atoms with Gasteiger partial charge in [0.1, 0.15) is 0 Å². The number of piperidine rings is 1. The fourth-order valence-electron chi connectivity index (χ4n) is 1.88. The first-order chi connectivity index (χ1) is 7.16. The highest BCUT2D eigenvalue weighted by molar-refractivity contribution is 5.73. The maximum atomic E-state index is 11.2. The summed E-state index contributed by atoms with van der Waals surface area (Å²) in [4.78, 5) is 23.7. The first kappa shape index (κ1) is 9.95. The zero-order valence-electron chi connectivity index (χ0n) is 8.52. The molecule has 82 valence electrons. The number of H-pyrrole nitrogens is 1. The van der Waals surface area contributed by atoms with Gasteiger partial charge in [0.2, 0.25) is 11.8 Å². The van der Waals surface area contributed by atoms with Crippen molar-refractivity contribution in [2.45, 2.75) is 25.7 Å². The Morgan fingerprint density at radius 3 is 3.07 bits per heavy atom. The van der Waals surface area contributed by atoms with Crippen molar-refractivity contribution in [3.8, 4) is 0 Å². The van der Waals surface area contributed by atoms with Crippen LogP contribution in [0.5, 0.6) is 0 Å². The zero-order chi connectivity index (χ0) is 10.8. The molecule has 1 aliphatic heterocycles. The van der Waals surface area contributed by atoms with E-state index in [1.54, 1.807) is 11.8 Å². The molecule has 0 bridgehead atoms. The van der Waals surface area contributed by atoms with Crippen LogP contribution in [0.2, 0.25) is 0 Å². The van der Waals surface area contributed by atoms with Crippen LogP contribution in [0.15, 0.2) is 9.21 Å². The van der Waals surface area contributed by atoms with Gasteiger partial charge >= 0.3 is 5.76 Å². The Bertz CT molecular complexity index is 409. The van der Waals surface area contributed by atoms with Crippen molar-refractivity contribution in [1.29, 1.82) is 0 Å². The maximum absolute atomic E-state index is 11.2. The Hall–Kier alpha value is -1.59. The monoisotopic (exact) mass is 211 g/mol. The van der Waals surface area contributed by atoms with Crippen molar-refractivity contribution in [2.24, 2.45) is 0 Å². The van der Waals surface area contributed by atoms with Gasteiger partial charge in [-0.3, -0.25) is 4.79 Å². The fraction of sp³-hybridized carbons (Fsp3) is 0.667. The van der Waals surface area contributed by atoms with Crippen LogP contribution >= 0.6 is 0 Å². The van der Waals surface area contributed by atoms with Crippen molar-refractivity contribution in [3.05, 3.63) is 16.4 Å². The molecule has 2 rings (SSSR count). The third kappa shape index (κ3) is 2.08. The second-order valence-electron chi connectivity index (χ2n) is 3.76. The van der Waals surface area contributed by atoms with Gasteiger partial charge in [0.05, 0.1) is 5.92 Å². The Labute approximate surface area is 86.3 Å². The standard InChI is InChI=1S/C9H13N3O3/c1-6(13)12-4-2-3-7(5-12)8-10-11-9(14)15-8/h7H,2-5H2,1H3,(H,11,14). The SMILES string of the molecule is CC(=O)N1CCCC(c2n[nH]c(=O)o2)C1. The topological polar surface area (TPSA) is 79.2 Å². The maximum Gasteiger partial charge on any atom is 0.434 e. The number of aromatic amines is 1. The summed E-state index contributed by atoms with van der Waals surface area (Å²) in [6, 6.07) is 0. The average molecular weight is 211 g/mol.